The number of hydrogen-bond acceptors (Lipinski definition) is 8. The van der Waals surface area contributed by atoms with Crippen molar-refractivity contribution in [2.45, 2.75) is 19.6 Å². The van der Waals surface area contributed by atoms with Crippen LogP contribution in [0.5, 0.6) is 0 Å². The third-order valence-corrected chi connectivity index (χ3v) is 5.97. The van der Waals surface area contributed by atoms with Crippen molar-refractivity contribution in [3.05, 3.63) is 89.0 Å². The smallest absolute Gasteiger partial charge is 0.383 e. The molecule has 2 aromatic carbocycles. The molecule has 0 unspecified atom stereocenters. The van der Waals surface area contributed by atoms with Crippen LogP contribution in [0.1, 0.15) is 27.0 Å². The minimum Gasteiger partial charge on any atom is -0.383 e. The quantitative estimate of drug-likeness (QED) is 0.434. The largest absolute Gasteiger partial charge is 0.416 e. The summed E-state index contributed by atoms with van der Waals surface area (Å²) in [4.78, 5) is 30.0. The van der Waals surface area contributed by atoms with Gasteiger partial charge in [-0.15, -0.1) is 0 Å². The van der Waals surface area contributed by atoms with Crippen LogP contribution in [0.3, 0.4) is 0 Å². The molecule has 1 amide bonds. The van der Waals surface area contributed by atoms with Gasteiger partial charge in [0.1, 0.15) is 17.2 Å². The van der Waals surface area contributed by atoms with Crippen LogP contribution in [0.2, 0.25) is 0 Å². The van der Waals surface area contributed by atoms with Crippen molar-refractivity contribution in [3.63, 3.8) is 0 Å². The van der Waals surface area contributed by atoms with E-state index in [1.165, 1.54) is 18.3 Å². The van der Waals surface area contributed by atoms with Crippen LogP contribution >= 0.6 is 0 Å². The van der Waals surface area contributed by atoms with E-state index in [4.69, 9.17) is 5.73 Å². The van der Waals surface area contributed by atoms with E-state index in [9.17, 15) is 18.0 Å². The molecule has 9 nitrogen and oxygen atoms in total. The number of allylic oxidation sites excluding steroid dienone is 1. The summed E-state index contributed by atoms with van der Waals surface area (Å²) in [5.41, 5.74) is 8.77. The highest BCUT2D eigenvalue weighted by atomic mass is 19.4. The maximum absolute atomic E-state index is 12.8. The van der Waals surface area contributed by atoms with Crippen molar-refractivity contribution >= 4 is 29.5 Å². The number of nitrogens with zero attached hydrogens (tertiary/aromatic N) is 5. The summed E-state index contributed by atoms with van der Waals surface area (Å²) < 4.78 is 38.4. The standard InChI is InChI=1S/C28H33F3N8O/c1-6-33-23-17-35-27(39(5)14-13-38(3)4)37-24(23)25(32)36-22-15-20(10-7-18(22)2)26(40)34-16-19-8-11-21(12-9-19)28(29,30)31/h6-12,15,17,36H,1,13-14,16,32H2,2-5H3,(H,34,40)/b25-24-,33-23-. The van der Waals surface area contributed by atoms with E-state index in [0.29, 0.717) is 40.7 Å². The Kier molecular flexibility index (Phi) is 9.83. The number of rotatable bonds is 9. The predicted octanol–water partition coefficient (Wildman–Crippen LogP) is 4.00. The SMILES string of the molecule is C=C/N=C1/C=NC(N(C)CCN(C)C)=N/C1=C(/N)Nc1cc(C(=O)NCc2ccc(C(F)(F)F)cc2)ccc1C. The Morgan fingerprint density at radius 1 is 1.12 bits per heavy atom. The van der Waals surface area contributed by atoms with Gasteiger partial charge < -0.3 is 26.2 Å². The molecule has 0 atom stereocenters. The molecule has 1 heterocycles. The van der Waals surface area contributed by atoms with Crippen molar-refractivity contribution in [3.8, 4) is 0 Å². The Hall–Kier alpha value is -4.45. The number of amides is 1. The molecular weight excluding hydrogens is 521 g/mol. The van der Waals surface area contributed by atoms with Crippen molar-refractivity contribution < 1.29 is 18.0 Å². The molecule has 12 heteroatoms. The Balaban J connectivity index is 1.79. The monoisotopic (exact) mass is 554 g/mol. The number of aliphatic imine (C=N–C) groups is 3. The Bertz CT molecular complexity index is 1360. The van der Waals surface area contributed by atoms with Crippen molar-refractivity contribution in [2.75, 3.05) is 39.5 Å². The first kappa shape index (κ1) is 30.1. The minimum atomic E-state index is -4.41. The van der Waals surface area contributed by atoms with Gasteiger partial charge in [0.25, 0.3) is 5.91 Å². The van der Waals surface area contributed by atoms with Crippen LogP contribution in [0.4, 0.5) is 18.9 Å². The third-order valence-electron chi connectivity index (χ3n) is 5.97. The van der Waals surface area contributed by atoms with Crippen molar-refractivity contribution in [2.24, 2.45) is 20.7 Å². The summed E-state index contributed by atoms with van der Waals surface area (Å²) in [7, 11) is 5.84. The molecule has 0 radical (unpaired) electrons. The number of halogens is 3. The Morgan fingerprint density at radius 2 is 1.82 bits per heavy atom. The Labute approximate surface area is 231 Å². The predicted molar refractivity (Wildman–Crippen MR) is 153 cm³/mol. The van der Waals surface area contributed by atoms with E-state index in [1.54, 1.807) is 24.4 Å². The number of nitrogens with two attached hydrogens (primary N) is 1. The molecule has 4 N–H and O–H groups in total. The Morgan fingerprint density at radius 3 is 2.45 bits per heavy atom. The maximum atomic E-state index is 12.8. The van der Waals surface area contributed by atoms with Crippen LogP contribution in [0.25, 0.3) is 0 Å². The second kappa shape index (κ2) is 13.1. The molecule has 1 aliphatic heterocycles. The lowest BCUT2D eigenvalue weighted by molar-refractivity contribution is -0.137. The first-order valence-electron chi connectivity index (χ1n) is 12.4. The number of nitrogens with one attached hydrogen (secondary N) is 2. The molecule has 0 spiro atoms. The number of anilines is 1. The molecule has 0 aliphatic carbocycles. The number of benzene rings is 2. The fourth-order valence-electron chi connectivity index (χ4n) is 3.59. The highest BCUT2D eigenvalue weighted by Crippen LogP contribution is 2.29. The zero-order valence-electron chi connectivity index (χ0n) is 22.9. The van der Waals surface area contributed by atoms with Gasteiger partial charge in [0.2, 0.25) is 5.96 Å². The zero-order chi connectivity index (χ0) is 29.4. The normalized spacial score (nSPS) is 15.6. The van der Waals surface area contributed by atoms with Gasteiger partial charge >= 0.3 is 6.18 Å². The summed E-state index contributed by atoms with van der Waals surface area (Å²) in [5.74, 6) is 0.282. The van der Waals surface area contributed by atoms with Gasteiger partial charge in [-0.25, -0.2) is 9.98 Å². The van der Waals surface area contributed by atoms with Gasteiger partial charge in [-0.05, 0) is 56.4 Å². The third kappa shape index (κ3) is 8.03. The molecule has 0 fully saturated rings. The number of aryl methyl sites for hydroxylation is 1. The molecule has 0 saturated carbocycles. The number of guanidine groups is 1. The van der Waals surface area contributed by atoms with Gasteiger partial charge in [0, 0.05) is 44.1 Å². The van der Waals surface area contributed by atoms with Crippen molar-refractivity contribution in [1.82, 2.24) is 15.1 Å². The zero-order valence-corrected chi connectivity index (χ0v) is 22.9. The highest BCUT2D eigenvalue weighted by molar-refractivity contribution is 6.41. The van der Waals surface area contributed by atoms with E-state index in [1.807, 2.05) is 33.0 Å². The van der Waals surface area contributed by atoms with Crippen LogP contribution < -0.4 is 16.4 Å². The number of hydrogen-bond donors (Lipinski definition) is 3. The van der Waals surface area contributed by atoms with Gasteiger partial charge in [0.15, 0.2) is 0 Å². The lowest BCUT2D eigenvalue weighted by Gasteiger charge is -2.23. The average Bonchev–Trinajstić information content (AvgIpc) is 2.91. The molecule has 40 heavy (non-hydrogen) atoms. The van der Waals surface area contributed by atoms with Gasteiger partial charge in [-0.2, -0.15) is 13.2 Å². The van der Waals surface area contributed by atoms with Crippen LogP contribution in [-0.2, 0) is 12.7 Å². The van der Waals surface area contributed by atoms with Gasteiger partial charge in [-0.3, -0.25) is 9.79 Å². The first-order chi connectivity index (χ1) is 18.9. The lowest BCUT2D eigenvalue weighted by Crippen LogP contribution is -2.35. The van der Waals surface area contributed by atoms with E-state index in [2.05, 4.69) is 37.1 Å². The van der Waals surface area contributed by atoms with Crippen LogP contribution in [-0.4, -0.2) is 67.8 Å². The second-order valence-electron chi connectivity index (χ2n) is 9.39. The summed E-state index contributed by atoms with van der Waals surface area (Å²) in [6.45, 7) is 7.07. The molecule has 212 valence electrons. The minimum absolute atomic E-state index is 0.0688. The molecule has 0 aromatic heterocycles. The number of carbonyl (C=O) groups is 1. The van der Waals surface area contributed by atoms with E-state index in [-0.39, 0.29) is 12.4 Å². The average molecular weight is 555 g/mol. The number of alkyl halides is 3. The summed E-state index contributed by atoms with van der Waals surface area (Å²) in [6, 6.07) is 9.69. The summed E-state index contributed by atoms with van der Waals surface area (Å²) in [5, 5.41) is 5.86. The van der Waals surface area contributed by atoms with Gasteiger partial charge in [-0.1, -0.05) is 24.8 Å². The first-order valence-corrected chi connectivity index (χ1v) is 12.4. The maximum Gasteiger partial charge on any atom is 0.416 e. The fraction of sp³-hybridized carbons (Fsp3) is 0.286. The second-order valence-corrected chi connectivity index (χ2v) is 9.39. The summed E-state index contributed by atoms with van der Waals surface area (Å²) >= 11 is 0. The molecule has 2 aromatic rings. The molecule has 1 aliphatic rings. The highest BCUT2D eigenvalue weighted by Gasteiger charge is 2.30. The van der Waals surface area contributed by atoms with E-state index in [0.717, 1.165) is 24.2 Å². The fourth-order valence-corrected chi connectivity index (χ4v) is 3.59. The van der Waals surface area contributed by atoms with Crippen molar-refractivity contribution in [1.29, 1.82) is 0 Å². The van der Waals surface area contributed by atoms with Crippen LogP contribution in [0.15, 0.2) is 81.7 Å². The van der Waals surface area contributed by atoms with E-state index >= 15 is 0 Å². The van der Waals surface area contributed by atoms with Gasteiger partial charge in [0.05, 0.1) is 11.8 Å². The van der Waals surface area contributed by atoms with E-state index < -0.39 is 17.6 Å². The number of carbonyl (C=O) groups excluding carboxylic acids is 1. The molecule has 3 rings (SSSR count). The topological polar surface area (TPSA) is 111 Å². The molecule has 0 saturated heterocycles. The lowest BCUT2D eigenvalue weighted by atomic mass is 10.1. The molecule has 0 bridgehead atoms. The molecular formula is C28H33F3N8O. The van der Waals surface area contributed by atoms with Crippen LogP contribution in [0, 0.1) is 6.92 Å². The number of likely N-dealkylation sites (N-methyl/N-ethyl adjacent to an activating group) is 2. The summed E-state index contributed by atoms with van der Waals surface area (Å²) in [6.07, 6.45) is -1.47.